The maximum Gasteiger partial charge on any atom is 0.252 e. The van der Waals surface area contributed by atoms with Crippen molar-refractivity contribution in [3.8, 4) is 0 Å². The molecule has 2 aromatic carbocycles. The zero-order valence-corrected chi connectivity index (χ0v) is 27.2. The van der Waals surface area contributed by atoms with E-state index in [0.29, 0.717) is 13.1 Å². The molecule has 2 amide bonds. The van der Waals surface area contributed by atoms with Crippen LogP contribution in [0.5, 0.6) is 0 Å². The number of anilines is 1. The molecule has 0 spiro atoms. The zero-order valence-electron chi connectivity index (χ0n) is 24.9. The molecule has 0 saturated carbocycles. The monoisotopic (exact) mass is 680 g/mol. The van der Waals surface area contributed by atoms with Crippen molar-refractivity contribution in [1.82, 2.24) is 20.4 Å². The van der Waals surface area contributed by atoms with Crippen LogP contribution >= 0.6 is 34.8 Å². The Morgan fingerprint density at radius 3 is 1.56 bits per heavy atom. The van der Waals surface area contributed by atoms with E-state index in [1.54, 1.807) is 24.3 Å². The van der Waals surface area contributed by atoms with Crippen LogP contribution in [0.4, 0.5) is 14.6 Å². The highest BCUT2D eigenvalue weighted by atomic mass is 35.5. The third-order valence-corrected chi connectivity index (χ3v) is 7.12. The minimum atomic E-state index is -0.674. The fourth-order valence-corrected chi connectivity index (χ4v) is 4.02. The molecule has 0 aliphatic heterocycles. The maximum atomic E-state index is 13.0. The quantitative estimate of drug-likeness (QED) is 0.183. The van der Waals surface area contributed by atoms with Crippen molar-refractivity contribution in [3.63, 3.8) is 0 Å². The Morgan fingerprint density at radius 2 is 1.13 bits per heavy atom. The van der Waals surface area contributed by atoms with Crippen LogP contribution in [0.2, 0.25) is 15.5 Å². The summed E-state index contributed by atoms with van der Waals surface area (Å²) in [6.45, 7) is 9.08. The lowest BCUT2D eigenvalue weighted by Crippen LogP contribution is -2.29. The highest BCUT2D eigenvalue weighted by molar-refractivity contribution is 6.34. The van der Waals surface area contributed by atoms with E-state index in [1.807, 2.05) is 27.7 Å². The van der Waals surface area contributed by atoms with Gasteiger partial charge in [-0.3, -0.25) is 9.59 Å². The van der Waals surface area contributed by atoms with Crippen molar-refractivity contribution in [2.24, 2.45) is 17.2 Å². The van der Waals surface area contributed by atoms with Crippen LogP contribution in [-0.4, -0.2) is 45.3 Å². The first-order valence-electron chi connectivity index (χ1n) is 13.2. The van der Waals surface area contributed by atoms with E-state index in [1.165, 1.54) is 36.4 Å². The third kappa shape index (κ3) is 11.5. The molecule has 45 heavy (non-hydrogen) atoms. The summed E-state index contributed by atoms with van der Waals surface area (Å²) in [6, 6.07) is 15.4. The van der Waals surface area contributed by atoms with Crippen LogP contribution in [0, 0.1) is 11.6 Å². The summed E-state index contributed by atoms with van der Waals surface area (Å²) in [4.78, 5) is 22.0. The van der Waals surface area contributed by atoms with Gasteiger partial charge in [-0.2, -0.15) is 0 Å². The molecule has 0 radical (unpaired) electrons. The lowest BCUT2D eigenvalue weighted by molar-refractivity contribution is 0.0991. The summed E-state index contributed by atoms with van der Waals surface area (Å²) >= 11 is 16.6. The predicted molar refractivity (Wildman–Crippen MR) is 173 cm³/mol. The summed E-state index contributed by atoms with van der Waals surface area (Å²) in [5.74, 6) is -1.53. The lowest BCUT2D eigenvalue weighted by Gasteiger charge is -2.26. The number of nitrogens with one attached hydrogen (secondary N) is 1. The summed E-state index contributed by atoms with van der Waals surface area (Å²) in [7, 11) is 0. The normalized spacial score (nSPS) is 11.0. The molecule has 240 valence electrons. The third-order valence-electron chi connectivity index (χ3n) is 6.47. The number of halogens is 5. The topological polar surface area (TPSA) is 176 Å². The first-order valence-corrected chi connectivity index (χ1v) is 14.4. The van der Waals surface area contributed by atoms with Gasteiger partial charge in [0, 0.05) is 23.9 Å². The van der Waals surface area contributed by atoms with E-state index in [0.717, 1.165) is 11.1 Å². The van der Waals surface area contributed by atoms with Crippen molar-refractivity contribution in [2.45, 2.75) is 38.5 Å². The first kappa shape index (κ1) is 37.2. The van der Waals surface area contributed by atoms with Gasteiger partial charge in [0.25, 0.3) is 11.8 Å². The molecular formula is C30H33Cl3F2N8O2. The van der Waals surface area contributed by atoms with Gasteiger partial charge in [-0.25, -0.2) is 8.78 Å². The van der Waals surface area contributed by atoms with Gasteiger partial charge in [0.1, 0.15) is 11.6 Å². The zero-order chi connectivity index (χ0) is 33.9. The molecule has 2 heterocycles. The number of nitrogens with zero attached hydrogens (tertiary/aromatic N) is 4. The summed E-state index contributed by atoms with van der Waals surface area (Å²) in [6.07, 6.45) is 0. The van der Waals surface area contributed by atoms with Crippen LogP contribution < -0.4 is 22.5 Å². The molecule has 10 nitrogen and oxygen atoms in total. The van der Waals surface area contributed by atoms with Gasteiger partial charge < -0.3 is 22.5 Å². The van der Waals surface area contributed by atoms with Crippen molar-refractivity contribution < 1.29 is 18.4 Å². The molecule has 0 aliphatic carbocycles. The Kier molecular flexibility index (Phi) is 13.5. The van der Waals surface area contributed by atoms with Gasteiger partial charge in [0.05, 0.1) is 11.1 Å². The molecule has 4 aromatic rings. The summed E-state index contributed by atoms with van der Waals surface area (Å²) < 4.78 is 25.6. The second-order valence-electron chi connectivity index (χ2n) is 10.9. The number of nitrogens with two attached hydrogens (primary N) is 3. The Balaban J connectivity index is 0.000000259. The van der Waals surface area contributed by atoms with Gasteiger partial charge in [-0.15, -0.1) is 20.4 Å². The van der Waals surface area contributed by atoms with Crippen LogP contribution in [0.1, 0.15) is 59.5 Å². The molecule has 0 unspecified atom stereocenters. The van der Waals surface area contributed by atoms with E-state index in [4.69, 9.17) is 52.0 Å². The molecule has 2 aromatic heterocycles. The number of hydrogen-bond acceptors (Lipinski definition) is 8. The number of primary amides is 2. The number of carbonyl (C=O) groups excluding carboxylic acids is 2. The molecule has 0 atom stereocenters. The maximum absolute atomic E-state index is 13.0. The van der Waals surface area contributed by atoms with E-state index >= 15 is 0 Å². The predicted octanol–water partition coefficient (Wildman–Crippen LogP) is 5.70. The van der Waals surface area contributed by atoms with Gasteiger partial charge in [0.2, 0.25) is 0 Å². The molecule has 7 N–H and O–H groups in total. The molecule has 0 fully saturated rings. The minimum Gasteiger partial charge on any atom is -0.367 e. The number of aromatic nitrogens is 4. The Labute approximate surface area is 274 Å². The molecular weight excluding hydrogens is 649 g/mol. The molecule has 0 bridgehead atoms. The molecule has 15 heteroatoms. The fraction of sp³-hybridized carbons (Fsp3) is 0.267. The Hall–Kier alpha value is -3.97. The first-order chi connectivity index (χ1) is 21.0. The number of hydrogen-bond donors (Lipinski definition) is 4. The molecule has 0 aliphatic rings. The van der Waals surface area contributed by atoms with Crippen LogP contribution in [-0.2, 0) is 10.8 Å². The van der Waals surface area contributed by atoms with Crippen molar-refractivity contribution in [1.29, 1.82) is 0 Å². The molecule has 0 saturated heterocycles. The number of rotatable bonds is 8. The second-order valence-corrected chi connectivity index (χ2v) is 12.0. The standard InChI is InChI=1S/C15H16ClFN4O.C10H14FN.C5H3Cl2N3O/c1-15(2,9-3-5-10(17)6-4-9)8-19-14-11(13(18)22)7-12(16)20-21-14;1-10(2,7-12)8-3-5-9(11)6-4-8;6-3-1-2(5(8)11)4(7)10-9-3/h3-7H,8H2,1-2H3,(H2,18,22)(H,19,21);3-6H,7,12H2,1-2H3;1H,(H2,8,11). The average Bonchev–Trinajstić information content (AvgIpc) is 2.98. The van der Waals surface area contributed by atoms with Gasteiger partial charge in [-0.1, -0.05) is 86.8 Å². The highest BCUT2D eigenvalue weighted by Gasteiger charge is 2.22. The van der Waals surface area contributed by atoms with Gasteiger partial charge in [-0.05, 0) is 47.5 Å². The van der Waals surface area contributed by atoms with E-state index < -0.39 is 11.8 Å². The van der Waals surface area contributed by atoms with E-state index in [9.17, 15) is 18.4 Å². The summed E-state index contributed by atoms with van der Waals surface area (Å²) in [5, 5.41) is 17.5. The van der Waals surface area contributed by atoms with E-state index in [-0.39, 0.29) is 54.9 Å². The number of benzene rings is 2. The molecule has 4 rings (SSSR count). The van der Waals surface area contributed by atoms with E-state index in [2.05, 4.69) is 25.7 Å². The SMILES string of the molecule is CC(C)(CN)c1ccc(F)cc1.CC(C)(CNc1nnc(Cl)cc1C(N)=O)c1ccc(F)cc1.NC(=O)c1cc(Cl)nnc1Cl. The van der Waals surface area contributed by atoms with Crippen molar-refractivity contribution in [2.75, 3.05) is 18.4 Å². The average molecular weight is 682 g/mol. The largest absolute Gasteiger partial charge is 0.367 e. The Bertz CT molecular complexity index is 1610. The van der Waals surface area contributed by atoms with Crippen molar-refractivity contribution in [3.05, 3.63) is 110 Å². The van der Waals surface area contributed by atoms with Crippen LogP contribution in [0.25, 0.3) is 0 Å². The smallest absolute Gasteiger partial charge is 0.252 e. The van der Waals surface area contributed by atoms with Crippen LogP contribution in [0.15, 0.2) is 60.7 Å². The highest BCUT2D eigenvalue weighted by Crippen LogP contribution is 2.25. The number of amides is 2. The summed E-state index contributed by atoms with van der Waals surface area (Å²) in [5.41, 5.74) is 17.7. The Morgan fingerprint density at radius 1 is 0.711 bits per heavy atom. The fourth-order valence-electron chi connectivity index (χ4n) is 3.54. The van der Waals surface area contributed by atoms with Crippen LogP contribution in [0.3, 0.4) is 0 Å². The van der Waals surface area contributed by atoms with Gasteiger partial charge in [0.15, 0.2) is 21.3 Å². The lowest BCUT2D eigenvalue weighted by atomic mass is 9.84. The van der Waals surface area contributed by atoms with Crippen molar-refractivity contribution >= 4 is 52.4 Å². The minimum absolute atomic E-state index is 0.0399. The number of carbonyl (C=O) groups is 2. The van der Waals surface area contributed by atoms with Gasteiger partial charge >= 0.3 is 0 Å². The second kappa shape index (κ2) is 16.4.